The van der Waals surface area contributed by atoms with Gasteiger partial charge in [0.2, 0.25) is 21.8 Å². The lowest BCUT2D eigenvalue weighted by molar-refractivity contribution is -0.132. The van der Waals surface area contributed by atoms with Crippen LogP contribution in [0.4, 0.5) is 0 Å². The minimum Gasteiger partial charge on any atom is -0.353 e. The van der Waals surface area contributed by atoms with E-state index in [9.17, 15) is 18.0 Å². The quantitative estimate of drug-likeness (QED) is 0.522. The van der Waals surface area contributed by atoms with Crippen LogP contribution in [0.2, 0.25) is 10.0 Å². The number of halogens is 2. The van der Waals surface area contributed by atoms with Gasteiger partial charge in [0, 0.05) is 19.6 Å². The fourth-order valence-corrected chi connectivity index (χ4v) is 7.67. The van der Waals surface area contributed by atoms with Crippen molar-refractivity contribution < 1.29 is 18.0 Å². The molecule has 0 aromatic heterocycles. The van der Waals surface area contributed by atoms with E-state index in [4.69, 9.17) is 23.2 Å². The van der Waals surface area contributed by atoms with Crippen molar-refractivity contribution in [3.63, 3.8) is 0 Å². The summed E-state index contributed by atoms with van der Waals surface area (Å²) in [5.74, 6) is -0.856. The fourth-order valence-electron chi connectivity index (χ4n) is 5.69. The fraction of sp³-hybridized carbons (Fsp3) is 0.481. The number of nitrogens with one attached hydrogen (secondary N) is 2. The maximum absolute atomic E-state index is 13.4. The highest BCUT2D eigenvalue weighted by atomic mass is 35.5. The second kappa shape index (κ2) is 11.5. The summed E-state index contributed by atoms with van der Waals surface area (Å²) in [6.07, 6.45) is 4.95. The number of nitrogens with zero attached hydrogens (tertiary/aromatic N) is 2. The molecule has 0 saturated carbocycles. The Morgan fingerprint density at radius 3 is 2.58 bits per heavy atom. The Hall–Kier alpha value is -2.17. The minimum absolute atomic E-state index is 0.0539. The van der Waals surface area contributed by atoms with Crippen LogP contribution in [0.25, 0.3) is 0 Å². The van der Waals surface area contributed by atoms with Crippen molar-refractivity contribution in [2.45, 2.75) is 62.0 Å². The molecule has 5 rings (SSSR count). The third-order valence-electron chi connectivity index (χ3n) is 7.62. The van der Waals surface area contributed by atoms with Crippen molar-refractivity contribution in [2.24, 2.45) is 0 Å². The van der Waals surface area contributed by atoms with Crippen molar-refractivity contribution in [1.82, 2.24) is 19.8 Å². The van der Waals surface area contributed by atoms with Crippen LogP contribution in [0.1, 0.15) is 54.8 Å². The van der Waals surface area contributed by atoms with E-state index in [-0.39, 0.29) is 46.4 Å². The number of fused-ring (bicyclic) bond motifs is 1. The molecule has 2 fully saturated rings. The summed E-state index contributed by atoms with van der Waals surface area (Å²) in [6, 6.07) is 9.20. The third kappa shape index (κ3) is 5.87. The molecule has 1 aliphatic carbocycles. The predicted octanol–water partition coefficient (Wildman–Crippen LogP) is 3.66. The number of amides is 2. The minimum atomic E-state index is -4.08. The van der Waals surface area contributed by atoms with Gasteiger partial charge in [0.25, 0.3) is 0 Å². The highest BCUT2D eigenvalue weighted by Crippen LogP contribution is 2.32. The molecule has 2 saturated heterocycles. The van der Waals surface area contributed by atoms with Gasteiger partial charge in [-0.1, -0.05) is 41.4 Å². The molecule has 38 heavy (non-hydrogen) atoms. The highest BCUT2D eigenvalue weighted by Gasteiger charge is 2.40. The summed E-state index contributed by atoms with van der Waals surface area (Å²) in [4.78, 5) is 28.3. The zero-order valence-electron chi connectivity index (χ0n) is 21.1. The standard InChI is InChI=1S/C27H32Cl2N4O4S/c28-22-9-7-20(15-23(22)29)38(36,37)33-13-10-30-27(35)25(33)16-26(34)31-24-5-3-4-19-14-18(6-8-21(19)24)17-32-11-1-2-12-32/h6-9,14-15,24-25H,1-5,10-13,16-17H2,(H,30,35)(H,31,34)/t24-,25?/m1/s1. The van der Waals surface area contributed by atoms with Gasteiger partial charge in [0.05, 0.1) is 27.4 Å². The first-order valence-corrected chi connectivity index (χ1v) is 15.3. The van der Waals surface area contributed by atoms with Crippen LogP contribution in [-0.4, -0.2) is 61.7 Å². The number of aryl methyl sites for hydroxylation is 1. The molecule has 2 aromatic carbocycles. The second-order valence-electron chi connectivity index (χ2n) is 10.2. The number of rotatable bonds is 7. The average Bonchev–Trinajstić information content (AvgIpc) is 3.40. The van der Waals surface area contributed by atoms with Gasteiger partial charge in [-0.2, -0.15) is 4.31 Å². The first-order valence-electron chi connectivity index (χ1n) is 13.1. The van der Waals surface area contributed by atoms with Crippen molar-refractivity contribution in [1.29, 1.82) is 0 Å². The molecular weight excluding hydrogens is 547 g/mol. The zero-order valence-corrected chi connectivity index (χ0v) is 23.4. The SMILES string of the molecule is O=C(CC1C(=O)NCCN1S(=O)(=O)c1ccc(Cl)c(Cl)c1)N[C@@H]1CCCc2cc(CN3CCCC3)ccc21. The number of hydrogen-bond donors (Lipinski definition) is 2. The summed E-state index contributed by atoms with van der Waals surface area (Å²) >= 11 is 12.0. The predicted molar refractivity (Wildman–Crippen MR) is 147 cm³/mol. The highest BCUT2D eigenvalue weighted by molar-refractivity contribution is 7.89. The molecule has 204 valence electrons. The number of likely N-dealkylation sites (tertiary alicyclic amines) is 1. The van der Waals surface area contributed by atoms with Crippen molar-refractivity contribution in [3.05, 3.63) is 63.1 Å². The Bertz CT molecular complexity index is 1330. The molecule has 0 radical (unpaired) electrons. The summed E-state index contributed by atoms with van der Waals surface area (Å²) in [5.41, 5.74) is 3.64. The molecule has 2 atom stereocenters. The molecule has 0 bridgehead atoms. The van der Waals surface area contributed by atoms with E-state index in [0.29, 0.717) is 0 Å². The largest absolute Gasteiger partial charge is 0.353 e. The maximum Gasteiger partial charge on any atom is 0.243 e. The Kier molecular flexibility index (Phi) is 8.30. The van der Waals surface area contributed by atoms with E-state index < -0.39 is 22.0 Å². The second-order valence-corrected chi connectivity index (χ2v) is 12.9. The number of benzene rings is 2. The molecule has 1 unspecified atom stereocenters. The Balaban J connectivity index is 1.29. The molecule has 11 heteroatoms. The smallest absolute Gasteiger partial charge is 0.243 e. The lowest BCUT2D eigenvalue weighted by Crippen LogP contribution is -2.58. The van der Waals surface area contributed by atoms with Crippen LogP contribution in [0, 0.1) is 0 Å². The molecule has 2 N–H and O–H groups in total. The first kappa shape index (κ1) is 27.4. The number of piperazine rings is 1. The molecule has 2 aromatic rings. The normalized spacial score (nSPS) is 22.6. The van der Waals surface area contributed by atoms with E-state index in [2.05, 4.69) is 33.7 Å². The molecule has 2 aliphatic heterocycles. The number of sulfonamides is 1. The lowest BCUT2D eigenvalue weighted by Gasteiger charge is -2.34. The van der Waals surface area contributed by atoms with Crippen LogP contribution in [0.3, 0.4) is 0 Å². The molecular formula is C27H32Cl2N4O4S. The Morgan fingerprint density at radius 2 is 1.82 bits per heavy atom. The first-order chi connectivity index (χ1) is 18.2. The van der Waals surface area contributed by atoms with Gasteiger partial charge in [-0.25, -0.2) is 8.42 Å². The van der Waals surface area contributed by atoms with Gasteiger partial charge in [-0.05, 0) is 80.1 Å². The summed E-state index contributed by atoms with van der Waals surface area (Å²) in [7, 11) is -4.08. The third-order valence-corrected chi connectivity index (χ3v) is 10.3. The van der Waals surface area contributed by atoms with Crippen molar-refractivity contribution in [2.75, 3.05) is 26.2 Å². The number of carbonyl (C=O) groups excluding carboxylic acids is 2. The van der Waals surface area contributed by atoms with Crippen LogP contribution in [0.15, 0.2) is 41.3 Å². The summed E-state index contributed by atoms with van der Waals surface area (Å²) in [5, 5.41) is 6.10. The van der Waals surface area contributed by atoms with Gasteiger partial charge in [-0.15, -0.1) is 0 Å². The molecule has 3 aliphatic rings. The van der Waals surface area contributed by atoms with Gasteiger partial charge < -0.3 is 10.6 Å². The number of hydrogen-bond acceptors (Lipinski definition) is 5. The van der Waals surface area contributed by atoms with E-state index >= 15 is 0 Å². The van der Waals surface area contributed by atoms with Crippen LogP contribution >= 0.6 is 23.2 Å². The van der Waals surface area contributed by atoms with Crippen molar-refractivity contribution in [3.8, 4) is 0 Å². The van der Waals surface area contributed by atoms with Gasteiger partial charge in [0.1, 0.15) is 6.04 Å². The van der Waals surface area contributed by atoms with E-state index in [1.165, 1.54) is 42.2 Å². The average molecular weight is 580 g/mol. The Labute approximate surface area is 233 Å². The molecule has 8 nitrogen and oxygen atoms in total. The molecule has 0 spiro atoms. The van der Waals surface area contributed by atoms with Crippen molar-refractivity contribution >= 4 is 45.0 Å². The summed E-state index contributed by atoms with van der Waals surface area (Å²) in [6.45, 7) is 3.44. The maximum atomic E-state index is 13.4. The monoisotopic (exact) mass is 578 g/mol. The van der Waals surface area contributed by atoms with Crippen LogP contribution in [-0.2, 0) is 32.6 Å². The van der Waals surface area contributed by atoms with Crippen LogP contribution < -0.4 is 10.6 Å². The van der Waals surface area contributed by atoms with E-state index in [0.717, 1.165) is 48.8 Å². The molecule has 2 heterocycles. The summed E-state index contributed by atoms with van der Waals surface area (Å²) < 4.78 is 27.9. The van der Waals surface area contributed by atoms with Gasteiger partial charge in [-0.3, -0.25) is 14.5 Å². The number of carbonyl (C=O) groups is 2. The molecule has 2 amide bonds. The topological polar surface area (TPSA) is 98.8 Å². The Morgan fingerprint density at radius 1 is 1.03 bits per heavy atom. The van der Waals surface area contributed by atoms with Gasteiger partial charge >= 0.3 is 0 Å². The van der Waals surface area contributed by atoms with E-state index in [1.54, 1.807) is 0 Å². The van der Waals surface area contributed by atoms with Crippen LogP contribution in [0.5, 0.6) is 0 Å². The lowest BCUT2D eigenvalue weighted by atomic mass is 9.86. The zero-order chi connectivity index (χ0) is 26.9. The van der Waals surface area contributed by atoms with Gasteiger partial charge in [0.15, 0.2) is 0 Å². The van der Waals surface area contributed by atoms with E-state index in [1.807, 2.05) is 0 Å².